The number of hydrogen-bond acceptors (Lipinski definition) is 3. The minimum atomic E-state index is -4.30. The Morgan fingerprint density at radius 3 is 2.73 bits per heavy atom. The van der Waals surface area contributed by atoms with E-state index in [1.54, 1.807) is 0 Å². The summed E-state index contributed by atoms with van der Waals surface area (Å²) in [7, 11) is 0. The lowest BCUT2D eigenvalue weighted by Gasteiger charge is -2.29. The molecule has 2 atom stereocenters. The SMILES string of the molecule is Cc1cc(C(=O)N[C@@H]2CCC[C@@H](OCC(F)(F)F)C2)sc1C. The Bertz CT molecular complexity index is 508. The van der Waals surface area contributed by atoms with E-state index in [4.69, 9.17) is 4.74 Å². The van der Waals surface area contributed by atoms with Gasteiger partial charge in [-0.05, 0) is 51.2 Å². The third-order valence-electron chi connectivity index (χ3n) is 3.83. The number of alkyl halides is 3. The Morgan fingerprint density at radius 2 is 2.14 bits per heavy atom. The van der Waals surface area contributed by atoms with Gasteiger partial charge in [0.2, 0.25) is 0 Å². The van der Waals surface area contributed by atoms with Crippen LogP contribution in [-0.4, -0.2) is 30.8 Å². The van der Waals surface area contributed by atoms with E-state index in [1.165, 1.54) is 11.3 Å². The highest BCUT2D eigenvalue weighted by Gasteiger charge is 2.31. The molecule has 0 aliphatic heterocycles. The lowest BCUT2D eigenvalue weighted by Crippen LogP contribution is -2.40. The average molecular weight is 335 g/mol. The molecule has 0 unspecified atom stereocenters. The highest BCUT2D eigenvalue weighted by atomic mass is 32.1. The fourth-order valence-electron chi connectivity index (χ4n) is 2.58. The first-order valence-corrected chi connectivity index (χ1v) is 8.12. The van der Waals surface area contributed by atoms with Crippen molar-refractivity contribution in [1.29, 1.82) is 0 Å². The summed E-state index contributed by atoms with van der Waals surface area (Å²) in [6.07, 6.45) is -2.16. The van der Waals surface area contributed by atoms with E-state index in [0.29, 0.717) is 17.7 Å². The van der Waals surface area contributed by atoms with Gasteiger partial charge in [-0.15, -0.1) is 11.3 Å². The molecule has 1 amide bonds. The van der Waals surface area contributed by atoms with Gasteiger partial charge in [0.25, 0.3) is 5.91 Å². The highest BCUT2D eigenvalue weighted by Crippen LogP contribution is 2.25. The van der Waals surface area contributed by atoms with Gasteiger partial charge in [0.15, 0.2) is 0 Å². The molecule has 1 aliphatic carbocycles. The normalized spacial score (nSPS) is 22.6. The van der Waals surface area contributed by atoms with Crippen LogP contribution in [0.3, 0.4) is 0 Å². The predicted octanol–water partition coefficient (Wildman–Crippen LogP) is 3.98. The number of carbonyl (C=O) groups is 1. The zero-order chi connectivity index (χ0) is 16.3. The maximum Gasteiger partial charge on any atom is 0.411 e. The van der Waals surface area contributed by atoms with E-state index in [9.17, 15) is 18.0 Å². The van der Waals surface area contributed by atoms with Crippen LogP contribution in [0.25, 0.3) is 0 Å². The van der Waals surface area contributed by atoms with Gasteiger partial charge in [0.05, 0.1) is 11.0 Å². The van der Waals surface area contributed by atoms with E-state index in [-0.39, 0.29) is 11.9 Å². The quantitative estimate of drug-likeness (QED) is 0.904. The molecule has 1 aromatic rings. The Hall–Kier alpha value is -1.08. The van der Waals surface area contributed by atoms with Gasteiger partial charge in [0, 0.05) is 10.9 Å². The summed E-state index contributed by atoms with van der Waals surface area (Å²) < 4.78 is 41.5. The Balaban J connectivity index is 1.86. The van der Waals surface area contributed by atoms with Crippen molar-refractivity contribution in [3.8, 4) is 0 Å². The Labute approximate surface area is 131 Å². The summed E-state index contributed by atoms with van der Waals surface area (Å²) in [4.78, 5) is 13.9. The highest BCUT2D eigenvalue weighted by molar-refractivity contribution is 7.14. The molecule has 1 heterocycles. The minimum Gasteiger partial charge on any atom is -0.369 e. The zero-order valence-electron chi connectivity index (χ0n) is 12.6. The van der Waals surface area contributed by atoms with Gasteiger partial charge in [-0.25, -0.2) is 0 Å². The number of thiophene rings is 1. The van der Waals surface area contributed by atoms with E-state index >= 15 is 0 Å². The molecule has 0 saturated heterocycles. The molecule has 3 nitrogen and oxygen atoms in total. The monoisotopic (exact) mass is 335 g/mol. The molecule has 1 saturated carbocycles. The first-order valence-electron chi connectivity index (χ1n) is 7.31. The summed E-state index contributed by atoms with van der Waals surface area (Å²) >= 11 is 1.43. The molecule has 22 heavy (non-hydrogen) atoms. The summed E-state index contributed by atoms with van der Waals surface area (Å²) in [5, 5.41) is 2.91. The van der Waals surface area contributed by atoms with E-state index in [0.717, 1.165) is 23.3 Å². The third kappa shape index (κ3) is 4.98. The number of rotatable bonds is 4. The molecule has 0 spiro atoms. The van der Waals surface area contributed by atoms with Crippen molar-refractivity contribution < 1.29 is 22.7 Å². The van der Waals surface area contributed by atoms with E-state index in [1.807, 2.05) is 19.9 Å². The van der Waals surface area contributed by atoms with Crippen LogP contribution in [-0.2, 0) is 4.74 Å². The fraction of sp³-hybridized carbons (Fsp3) is 0.667. The lowest BCUT2D eigenvalue weighted by molar-refractivity contribution is -0.188. The molecule has 1 aromatic heterocycles. The van der Waals surface area contributed by atoms with Crippen molar-refractivity contribution in [2.24, 2.45) is 0 Å². The standard InChI is InChI=1S/C15H20F3NO2S/c1-9-6-13(22-10(9)2)14(20)19-11-4-3-5-12(7-11)21-8-15(16,17)18/h6,11-12H,3-5,7-8H2,1-2H3,(H,19,20)/t11-,12-/m1/s1. The van der Waals surface area contributed by atoms with Crippen LogP contribution in [0.2, 0.25) is 0 Å². The number of nitrogens with one attached hydrogen (secondary N) is 1. The van der Waals surface area contributed by atoms with Gasteiger partial charge in [-0.1, -0.05) is 0 Å². The number of aryl methyl sites for hydroxylation is 2. The van der Waals surface area contributed by atoms with Crippen molar-refractivity contribution in [2.45, 2.75) is 57.9 Å². The maximum atomic E-state index is 12.2. The van der Waals surface area contributed by atoms with Crippen molar-refractivity contribution in [2.75, 3.05) is 6.61 Å². The Kier molecular flexibility index (Phi) is 5.50. The molecule has 0 aromatic carbocycles. The minimum absolute atomic E-state index is 0.123. The smallest absolute Gasteiger partial charge is 0.369 e. The molecule has 1 fully saturated rings. The van der Waals surface area contributed by atoms with Gasteiger partial charge in [-0.3, -0.25) is 4.79 Å². The maximum absolute atomic E-state index is 12.2. The molecule has 0 radical (unpaired) electrons. The predicted molar refractivity (Wildman–Crippen MR) is 79.3 cm³/mol. The number of hydrogen-bond donors (Lipinski definition) is 1. The van der Waals surface area contributed by atoms with Crippen LogP contribution >= 0.6 is 11.3 Å². The van der Waals surface area contributed by atoms with Crippen molar-refractivity contribution >= 4 is 17.2 Å². The second-order valence-electron chi connectivity index (χ2n) is 5.74. The molecule has 2 rings (SSSR count). The topological polar surface area (TPSA) is 38.3 Å². The van der Waals surface area contributed by atoms with Crippen molar-refractivity contribution in [3.05, 3.63) is 21.4 Å². The molecule has 0 bridgehead atoms. The fourth-order valence-corrected chi connectivity index (χ4v) is 3.52. The summed E-state index contributed by atoms with van der Waals surface area (Å²) in [6.45, 7) is 2.68. The first kappa shape index (κ1) is 17.3. The van der Waals surface area contributed by atoms with Crippen molar-refractivity contribution in [1.82, 2.24) is 5.32 Å². The van der Waals surface area contributed by atoms with Crippen LogP contribution < -0.4 is 5.32 Å². The third-order valence-corrected chi connectivity index (χ3v) is 4.99. The van der Waals surface area contributed by atoms with E-state index < -0.39 is 18.9 Å². The summed E-state index contributed by atoms with van der Waals surface area (Å²) in [6, 6.07) is 1.72. The molecule has 1 aliphatic rings. The van der Waals surface area contributed by atoms with E-state index in [2.05, 4.69) is 5.32 Å². The summed E-state index contributed by atoms with van der Waals surface area (Å²) in [5.74, 6) is -0.150. The number of amides is 1. The first-order chi connectivity index (χ1) is 10.2. The number of carbonyl (C=O) groups excluding carboxylic acids is 1. The lowest BCUT2D eigenvalue weighted by atomic mass is 9.92. The Morgan fingerprint density at radius 1 is 1.41 bits per heavy atom. The second-order valence-corrected chi connectivity index (χ2v) is 6.99. The van der Waals surface area contributed by atoms with Crippen LogP contribution in [0, 0.1) is 13.8 Å². The van der Waals surface area contributed by atoms with Crippen molar-refractivity contribution in [3.63, 3.8) is 0 Å². The van der Waals surface area contributed by atoms with Crippen LogP contribution in [0.1, 0.15) is 45.8 Å². The van der Waals surface area contributed by atoms with Crippen LogP contribution in [0.5, 0.6) is 0 Å². The molecule has 7 heteroatoms. The largest absolute Gasteiger partial charge is 0.411 e. The molecule has 1 N–H and O–H groups in total. The molecular formula is C15H20F3NO2S. The number of halogens is 3. The summed E-state index contributed by atoms with van der Waals surface area (Å²) in [5.41, 5.74) is 1.07. The van der Waals surface area contributed by atoms with Crippen LogP contribution in [0.4, 0.5) is 13.2 Å². The van der Waals surface area contributed by atoms with Crippen LogP contribution in [0.15, 0.2) is 6.07 Å². The van der Waals surface area contributed by atoms with Gasteiger partial charge < -0.3 is 10.1 Å². The average Bonchev–Trinajstić information content (AvgIpc) is 2.76. The molecular weight excluding hydrogens is 315 g/mol. The zero-order valence-corrected chi connectivity index (χ0v) is 13.4. The number of ether oxygens (including phenoxy) is 1. The second kappa shape index (κ2) is 7.00. The van der Waals surface area contributed by atoms with Gasteiger partial charge in [-0.2, -0.15) is 13.2 Å². The van der Waals surface area contributed by atoms with Gasteiger partial charge in [0.1, 0.15) is 6.61 Å². The molecule has 124 valence electrons. The van der Waals surface area contributed by atoms with Gasteiger partial charge >= 0.3 is 6.18 Å².